The normalized spacial score (nSPS) is 9.60. The largest absolute Gasteiger partial charge is 0.344 e. The Morgan fingerprint density at radius 3 is 1.05 bits per heavy atom. The van der Waals surface area contributed by atoms with Gasteiger partial charge in [-0.1, -0.05) is 104 Å². The summed E-state index contributed by atoms with van der Waals surface area (Å²) < 4.78 is 0. The molecule has 0 aliphatic carbocycles. The van der Waals surface area contributed by atoms with Crippen LogP contribution in [0.3, 0.4) is 0 Å². The predicted octanol–water partition coefficient (Wildman–Crippen LogP) is 6.43. The molecule has 0 unspecified atom stereocenters. The zero-order chi connectivity index (χ0) is 14.6. The Bertz CT molecular complexity index is 113. The Hall–Kier alpha value is -0.0800. The van der Waals surface area contributed by atoms with Crippen molar-refractivity contribution in [1.29, 1.82) is 0 Å². The molecule has 0 rings (SSSR count). The summed E-state index contributed by atoms with van der Waals surface area (Å²) in [6, 6.07) is 0. The predicted molar refractivity (Wildman–Crippen MR) is 95.4 cm³/mol. The molecule has 2 heteroatoms. The van der Waals surface area contributed by atoms with Crippen LogP contribution in [0.4, 0.5) is 0 Å². The van der Waals surface area contributed by atoms with Gasteiger partial charge in [0.1, 0.15) is 0 Å². The zero-order valence-corrected chi connectivity index (χ0v) is 14.6. The molecule has 0 saturated heterocycles. The molecule has 0 amide bonds. The summed E-state index contributed by atoms with van der Waals surface area (Å²) in [5.41, 5.74) is 5.47. The summed E-state index contributed by atoms with van der Waals surface area (Å²) in [6.45, 7) is 8.16. The molecule has 1 radical (unpaired) electrons. The lowest BCUT2D eigenvalue weighted by Crippen LogP contribution is -1.97. The highest BCUT2D eigenvalue weighted by atomic mass is 14.5. The first kappa shape index (κ1) is 24.9. The number of rotatable bonds is 14. The van der Waals surface area contributed by atoms with Crippen molar-refractivity contribution >= 4 is 0 Å². The first-order chi connectivity index (χ1) is 9.41. The van der Waals surface area contributed by atoms with E-state index in [2.05, 4.69) is 13.8 Å². The minimum Gasteiger partial charge on any atom is -0.344 e. The highest BCUT2D eigenvalue weighted by molar-refractivity contribution is 4.49. The third-order valence-corrected chi connectivity index (χ3v) is 3.56. The monoisotopic (exact) mass is 287 g/mol. The van der Waals surface area contributed by atoms with Gasteiger partial charge < -0.3 is 11.9 Å². The molecular weight excluding hydrogens is 244 g/mol. The SMILES string of the molecule is CCCCCCCCCCCCCCCCN.N.[CH2]C. The van der Waals surface area contributed by atoms with E-state index in [1.807, 2.05) is 0 Å². The van der Waals surface area contributed by atoms with Crippen LogP contribution in [-0.2, 0) is 0 Å². The van der Waals surface area contributed by atoms with Crippen molar-refractivity contribution in [1.82, 2.24) is 6.15 Å². The summed E-state index contributed by atoms with van der Waals surface area (Å²) >= 11 is 0. The lowest BCUT2D eigenvalue weighted by Gasteiger charge is -2.02. The Kier molecular flexibility index (Phi) is 34.0. The molecule has 2 nitrogen and oxygen atoms in total. The van der Waals surface area contributed by atoms with Gasteiger partial charge in [-0.2, -0.15) is 0 Å². The van der Waals surface area contributed by atoms with E-state index >= 15 is 0 Å². The molecule has 0 aliphatic heterocycles. The van der Waals surface area contributed by atoms with E-state index in [-0.39, 0.29) is 6.15 Å². The molecule has 0 spiro atoms. The average Bonchev–Trinajstić information content (AvgIpc) is 2.46. The van der Waals surface area contributed by atoms with Gasteiger partial charge in [0.05, 0.1) is 0 Å². The van der Waals surface area contributed by atoms with Crippen LogP contribution in [0, 0.1) is 6.92 Å². The molecule has 125 valence electrons. The molecule has 0 aromatic rings. The standard InChI is InChI=1S/C16H35N.C2H5.H3N/c1-2-3-4-5-6-7-8-9-10-11-12-13-14-15-16-17;1-2;/h2-17H2,1H3;1H2,2H3;1H3. The smallest absolute Gasteiger partial charge is 0.00773 e. The number of hydrogen-bond acceptors (Lipinski definition) is 2. The average molecular weight is 288 g/mol. The second-order valence-corrected chi connectivity index (χ2v) is 5.38. The quantitative estimate of drug-likeness (QED) is 0.362. The van der Waals surface area contributed by atoms with Gasteiger partial charge >= 0.3 is 0 Å². The van der Waals surface area contributed by atoms with Crippen LogP contribution in [0.1, 0.15) is 104 Å². The zero-order valence-electron chi connectivity index (χ0n) is 14.6. The number of unbranched alkanes of at least 4 members (excludes halogenated alkanes) is 13. The molecule has 0 bridgehead atoms. The first-order valence-corrected chi connectivity index (χ1v) is 8.82. The van der Waals surface area contributed by atoms with E-state index in [1.165, 1.54) is 89.9 Å². The maximum absolute atomic E-state index is 5.47. The van der Waals surface area contributed by atoms with Crippen molar-refractivity contribution < 1.29 is 0 Å². The first-order valence-electron chi connectivity index (χ1n) is 8.82. The van der Waals surface area contributed by atoms with Gasteiger partial charge in [-0.05, 0) is 13.0 Å². The Morgan fingerprint density at radius 1 is 0.550 bits per heavy atom. The fraction of sp³-hybridized carbons (Fsp3) is 0.944. The van der Waals surface area contributed by atoms with Gasteiger partial charge in [0, 0.05) is 0 Å². The van der Waals surface area contributed by atoms with E-state index in [1.54, 1.807) is 6.92 Å². The molecule has 20 heavy (non-hydrogen) atoms. The van der Waals surface area contributed by atoms with Gasteiger partial charge in [0.15, 0.2) is 0 Å². The van der Waals surface area contributed by atoms with Crippen LogP contribution in [0.25, 0.3) is 0 Å². The van der Waals surface area contributed by atoms with Crippen LogP contribution < -0.4 is 11.9 Å². The Labute approximate surface area is 129 Å². The lowest BCUT2D eigenvalue weighted by molar-refractivity contribution is 0.536. The fourth-order valence-corrected chi connectivity index (χ4v) is 2.34. The lowest BCUT2D eigenvalue weighted by atomic mass is 10.0. The summed E-state index contributed by atoms with van der Waals surface area (Å²) in [5, 5.41) is 0. The van der Waals surface area contributed by atoms with E-state index in [4.69, 9.17) is 5.73 Å². The number of hydrogen-bond donors (Lipinski definition) is 2. The molecule has 0 aromatic heterocycles. The Morgan fingerprint density at radius 2 is 0.800 bits per heavy atom. The highest BCUT2D eigenvalue weighted by Crippen LogP contribution is 2.12. The van der Waals surface area contributed by atoms with Crippen molar-refractivity contribution in [2.75, 3.05) is 6.54 Å². The van der Waals surface area contributed by atoms with Crippen molar-refractivity contribution in [2.24, 2.45) is 5.73 Å². The van der Waals surface area contributed by atoms with Gasteiger partial charge in [-0.25, -0.2) is 0 Å². The van der Waals surface area contributed by atoms with E-state index in [0.29, 0.717) is 0 Å². The molecule has 0 saturated carbocycles. The highest BCUT2D eigenvalue weighted by Gasteiger charge is 1.93. The molecular formula is C18H43N2. The minimum absolute atomic E-state index is 0. The summed E-state index contributed by atoms with van der Waals surface area (Å²) in [5.74, 6) is 0. The molecule has 5 N–H and O–H groups in total. The second-order valence-electron chi connectivity index (χ2n) is 5.38. The molecule has 0 heterocycles. The van der Waals surface area contributed by atoms with E-state index < -0.39 is 0 Å². The van der Waals surface area contributed by atoms with Gasteiger partial charge in [-0.15, -0.1) is 0 Å². The van der Waals surface area contributed by atoms with Gasteiger partial charge in [0.25, 0.3) is 0 Å². The molecule has 0 aliphatic rings. The molecule has 0 fully saturated rings. The minimum atomic E-state index is 0. The summed E-state index contributed by atoms with van der Waals surface area (Å²) in [6.07, 6.45) is 19.9. The maximum atomic E-state index is 5.47. The van der Waals surface area contributed by atoms with Crippen molar-refractivity contribution in [3.05, 3.63) is 6.92 Å². The molecule has 0 atom stereocenters. The topological polar surface area (TPSA) is 61.0 Å². The van der Waals surface area contributed by atoms with E-state index in [0.717, 1.165) is 6.54 Å². The van der Waals surface area contributed by atoms with Crippen molar-refractivity contribution in [2.45, 2.75) is 104 Å². The maximum Gasteiger partial charge on any atom is -0.00773 e. The molecule has 0 aromatic carbocycles. The van der Waals surface area contributed by atoms with Crippen LogP contribution in [-0.4, -0.2) is 6.54 Å². The van der Waals surface area contributed by atoms with Gasteiger partial charge in [0.2, 0.25) is 0 Å². The van der Waals surface area contributed by atoms with Crippen LogP contribution >= 0.6 is 0 Å². The van der Waals surface area contributed by atoms with Crippen LogP contribution in [0.5, 0.6) is 0 Å². The Balaban J connectivity index is -0.000000916. The summed E-state index contributed by atoms with van der Waals surface area (Å²) in [4.78, 5) is 0. The summed E-state index contributed by atoms with van der Waals surface area (Å²) in [7, 11) is 0. The van der Waals surface area contributed by atoms with Crippen LogP contribution in [0.15, 0.2) is 0 Å². The van der Waals surface area contributed by atoms with E-state index in [9.17, 15) is 0 Å². The van der Waals surface area contributed by atoms with Gasteiger partial charge in [-0.3, -0.25) is 0 Å². The second kappa shape index (κ2) is 27.3. The van der Waals surface area contributed by atoms with Crippen molar-refractivity contribution in [3.8, 4) is 0 Å². The third-order valence-electron chi connectivity index (χ3n) is 3.56. The number of nitrogens with two attached hydrogens (primary N) is 1. The fourth-order valence-electron chi connectivity index (χ4n) is 2.34. The third kappa shape index (κ3) is 26.5. The van der Waals surface area contributed by atoms with Crippen molar-refractivity contribution in [3.63, 3.8) is 0 Å². The van der Waals surface area contributed by atoms with Crippen LogP contribution in [0.2, 0.25) is 0 Å².